The predicted molar refractivity (Wildman–Crippen MR) is 92.8 cm³/mol. The average Bonchev–Trinajstić information content (AvgIpc) is 2.90. The number of halogens is 2. The van der Waals surface area contributed by atoms with Crippen LogP contribution in [0.3, 0.4) is 0 Å². The van der Waals surface area contributed by atoms with Crippen LogP contribution in [0, 0.1) is 0 Å². The second kappa shape index (κ2) is 8.26. The molecule has 0 saturated carbocycles. The Labute approximate surface area is 145 Å². The summed E-state index contributed by atoms with van der Waals surface area (Å²) in [5, 5.41) is 7.09. The maximum atomic E-state index is 11.4. The minimum atomic E-state index is -0.288. The van der Waals surface area contributed by atoms with E-state index in [1.807, 2.05) is 12.1 Å². The number of hydrazone groups is 1. The van der Waals surface area contributed by atoms with Crippen molar-refractivity contribution in [1.29, 1.82) is 0 Å². The van der Waals surface area contributed by atoms with Crippen LogP contribution in [0.25, 0.3) is 0 Å². The lowest BCUT2D eigenvalue weighted by Crippen LogP contribution is -2.07. The smallest absolute Gasteiger partial charge is 0.311 e. The molecule has 0 radical (unpaired) electrons. The summed E-state index contributed by atoms with van der Waals surface area (Å²) in [6.45, 7) is 2.14. The lowest BCUT2D eigenvalue weighted by molar-refractivity contribution is -0.142. The Morgan fingerprint density at radius 3 is 3.18 bits per heavy atom. The van der Waals surface area contributed by atoms with Gasteiger partial charge in [-0.25, -0.2) is 4.98 Å². The van der Waals surface area contributed by atoms with Crippen molar-refractivity contribution in [3.8, 4) is 0 Å². The number of anilines is 1. The van der Waals surface area contributed by atoms with Gasteiger partial charge in [0.25, 0.3) is 0 Å². The van der Waals surface area contributed by atoms with Crippen molar-refractivity contribution in [2.75, 3.05) is 12.0 Å². The average molecular weight is 403 g/mol. The monoisotopic (exact) mass is 401 g/mol. The molecule has 0 atom stereocenters. The summed E-state index contributed by atoms with van der Waals surface area (Å²) >= 11 is 10.8. The molecular weight excluding hydrogens is 390 g/mol. The first kappa shape index (κ1) is 16.9. The van der Waals surface area contributed by atoms with E-state index in [9.17, 15) is 4.79 Å². The van der Waals surface area contributed by atoms with Gasteiger partial charge < -0.3 is 4.74 Å². The molecule has 8 heteroatoms. The van der Waals surface area contributed by atoms with E-state index in [1.54, 1.807) is 24.6 Å². The van der Waals surface area contributed by atoms with E-state index >= 15 is 0 Å². The van der Waals surface area contributed by atoms with Crippen LogP contribution in [0.4, 0.5) is 5.13 Å². The highest BCUT2D eigenvalue weighted by atomic mass is 79.9. The van der Waals surface area contributed by atoms with E-state index in [2.05, 4.69) is 31.4 Å². The van der Waals surface area contributed by atoms with Crippen LogP contribution >= 0.6 is 38.9 Å². The number of nitrogens with one attached hydrogen (secondary N) is 1. The van der Waals surface area contributed by atoms with Crippen LogP contribution in [-0.2, 0) is 16.0 Å². The molecule has 0 saturated heterocycles. The third kappa shape index (κ3) is 5.08. The molecule has 0 spiro atoms. The van der Waals surface area contributed by atoms with Crippen LogP contribution in [0.5, 0.6) is 0 Å². The quantitative estimate of drug-likeness (QED) is 0.449. The summed E-state index contributed by atoms with van der Waals surface area (Å²) in [6, 6.07) is 5.50. The molecule has 1 heterocycles. The fourth-order valence-electron chi connectivity index (χ4n) is 1.57. The third-order valence-corrected chi connectivity index (χ3v) is 4.14. The first-order chi connectivity index (χ1) is 10.6. The molecule has 0 aliphatic heterocycles. The number of hydrogen-bond acceptors (Lipinski definition) is 6. The van der Waals surface area contributed by atoms with Crippen molar-refractivity contribution in [2.24, 2.45) is 5.10 Å². The lowest BCUT2D eigenvalue weighted by Gasteiger charge is -1.99. The minimum absolute atomic E-state index is 0.160. The highest BCUT2D eigenvalue weighted by Gasteiger charge is 2.07. The normalized spacial score (nSPS) is 10.9. The van der Waals surface area contributed by atoms with Gasteiger partial charge in [0.15, 0.2) is 0 Å². The summed E-state index contributed by atoms with van der Waals surface area (Å²) in [5.74, 6) is -0.288. The van der Waals surface area contributed by atoms with Crippen LogP contribution in [0.1, 0.15) is 18.2 Å². The molecule has 1 aromatic heterocycles. The molecule has 116 valence electrons. The van der Waals surface area contributed by atoms with Crippen molar-refractivity contribution in [3.63, 3.8) is 0 Å². The number of hydrogen-bond donors (Lipinski definition) is 1. The van der Waals surface area contributed by atoms with Gasteiger partial charge in [-0.1, -0.05) is 27.5 Å². The minimum Gasteiger partial charge on any atom is -0.466 e. The van der Waals surface area contributed by atoms with Gasteiger partial charge in [0.2, 0.25) is 5.13 Å². The molecule has 2 aromatic rings. The van der Waals surface area contributed by atoms with Crippen LogP contribution in [-0.4, -0.2) is 23.8 Å². The predicted octanol–water partition coefficient (Wildman–Crippen LogP) is 4.11. The topological polar surface area (TPSA) is 63.6 Å². The van der Waals surface area contributed by atoms with E-state index in [4.69, 9.17) is 16.3 Å². The van der Waals surface area contributed by atoms with Crippen molar-refractivity contribution in [1.82, 2.24) is 4.98 Å². The molecule has 0 aliphatic rings. The summed E-state index contributed by atoms with van der Waals surface area (Å²) in [4.78, 5) is 15.6. The van der Waals surface area contributed by atoms with Gasteiger partial charge in [-0.15, -0.1) is 11.3 Å². The molecule has 0 unspecified atom stereocenters. The second-order valence-electron chi connectivity index (χ2n) is 4.16. The van der Waals surface area contributed by atoms with Gasteiger partial charge >= 0.3 is 5.97 Å². The summed E-state index contributed by atoms with van der Waals surface area (Å²) in [7, 11) is 0. The Hall–Kier alpha value is -1.44. The molecule has 0 aliphatic carbocycles. The lowest BCUT2D eigenvalue weighted by atomic mass is 10.2. The van der Waals surface area contributed by atoms with Gasteiger partial charge in [0.1, 0.15) is 0 Å². The van der Waals surface area contributed by atoms with Gasteiger partial charge in [-0.2, -0.15) is 5.10 Å². The second-order valence-corrected chi connectivity index (χ2v) is 6.34. The third-order valence-electron chi connectivity index (χ3n) is 2.50. The van der Waals surface area contributed by atoms with Gasteiger partial charge in [-0.3, -0.25) is 10.2 Å². The maximum Gasteiger partial charge on any atom is 0.311 e. The fraction of sp³-hybridized carbons (Fsp3) is 0.214. The highest BCUT2D eigenvalue weighted by molar-refractivity contribution is 9.10. The summed E-state index contributed by atoms with van der Waals surface area (Å²) < 4.78 is 5.80. The fourth-order valence-corrected chi connectivity index (χ4v) is 2.77. The van der Waals surface area contributed by atoms with Gasteiger partial charge in [-0.05, 0) is 25.1 Å². The number of thiazole rings is 1. The zero-order chi connectivity index (χ0) is 15.9. The van der Waals surface area contributed by atoms with Crippen LogP contribution < -0.4 is 5.43 Å². The maximum absolute atomic E-state index is 11.4. The number of benzene rings is 1. The molecule has 22 heavy (non-hydrogen) atoms. The molecule has 1 aromatic carbocycles. The Bertz CT molecular complexity index is 690. The number of carbonyl (C=O) groups is 1. The number of nitrogens with zero attached hydrogens (tertiary/aromatic N) is 2. The van der Waals surface area contributed by atoms with Crippen LogP contribution in [0.15, 0.2) is 33.2 Å². The molecule has 5 nitrogen and oxygen atoms in total. The Balaban J connectivity index is 1.94. The van der Waals surface area contributed by atoms with E-state index < -0.39 is 0 Å². The first-order valence-electron chi connectivity index (χ1n) is 6.42. The number of ether oxygens (including phenoxy) is 1. The summed E-state index contributed by atoms with van der Waals surface area (Å²) in [6.07, 6.45) is 1.77. The summed E-state index contributed by atoms with van der Waals surface area (Å²) in [5.41, 5.74) is 4.25. The van der Waals surface area contributed by atoms with E-state index in [1.165, 1.54) is 11.3 Å². The zero-order valence-electron chi connectivity index (χ0n) is 11.7. The molecule has 1 N–H and O–H groups in total. The Morgan fingerprint density at radius 1 is 1.59 bits per heavy atom. The van der Waals surface area contributed by atoms with Crippen molar-refractivity contribution < 1.29 is 9.53 Å². The van der Waals surface area contributed by atoms with E-state index in [0.29, 0.717) is 22.5 Å². The molecule has 0 bridgehead atoms. The van der Waals surface area contributed by atoms with Gasteiger partial charge in [0, 0.05) is 20.4 Å². The highest BCUT2D eigenvalue weighted by Crippen LogP contribution is 2.20. The van der Waals surface area contributed by atoms with Crippen molar-refractivity contribution >= 4 is 56.2 Å². The molecule has 0 fully saturated rings. The van der Waals surface area contributed by atoms with E-state index in [0.717, 1.165) is 10.0 Å². The Morgan fingerprint density at radius 2 is 2.41 bits per heavy atom. The van der Waals surface area contributed by atoms with E-state index in [-0.39, 0.29) is 12.4 Å². The van der Waals surface area contributed by atoms with Crippen molar-refractivity contribution in [2.45, 2.75) is 13.3 Å². The first-order valence-corrected chi connectivity index (χ1v) is 8.47. The van der Waals surface area contributed by atoms with Crippen LogP contribution in [0.2, 0.25) is 5.02 Å². The number of esters is 1. The largest absolute Gasteiger partial charge is 0.466 e. The SMILES string of the molecule is CCOC(=O)Cc1csc(NN=Cc2cc(Br)ccc2Cl)n1. The molecule has 0 amide bonds. The molecular formula is C14H13BrClN3O2S. The number of rotatable bonds is 6. The number of aromatic nitrogens is 1. The standard InChI is InChI=1S/C14H13BrClN3O2S/c1-2-21-13(20)6-11-8-22-14(18-11)19-17-7-9-5-10(15)3-4-12(9)16/h3-5,7-8H,2,6H2,1H3,(H,18,19). The molecule has 2 rings (SSSR count). The van der Waals surface area contributed by atoms with Gasteiger partial charge in [0.05, 0.1) is 24.9 Å². The number of carbonyl (C=O) groups excluding carboxylic acids is 1. The van der Waals surface area contributed by atoms with Crippen molar-refractivity contribution in [3.05, 3.63) is 44.3 Å². The Kier molecular flexibility index (Phi) is 6.35. The zero-order valence-corrected chi connectivity index (χ0v) is 14.8.